The van der Waals surface area contributed by atoms with Gasteiger partial charge in [0.25, 0.3) is 0 Å². The van der Waals surface area contributed by atoms with Crippen LogP contribution in [0.25, 0.3) is 0 Å². The molecule has 7 fully saturated rings. The first-order chi connectivity index (χ1) is 17.8. The maximum atomic E-state index is 11.1. The predicted molar refractivity (Wildman–Crippen MR) is 147 cm³/mol. The van der Waals surface area contributed by atoms with Crippen LogP contribution in [0.3, 0.4) is 0 Å². The molecule has 0 heterocycles. The number of allylic oxidation sites excluding steroid dienone is 3. The second kappa shape index (κ2) is 9.75. The molecule has 7 saturated carbocycles. The summed E-state index contributed by atoms with van der Waals surface area (Å²) in [6, 6.07) is 0. The van der Waals surface area contributed by atoms with Crippen LogP contribution in [0.2, 0.25) is 0 Å². The van der Waals surface area contributed by atoms with Crippen LogP contribution < -0.4 is 0 Å². The summed E-state index contributed by atoms with van der Waals surface area (Å²) in [5.74, 6) is 16.4. The molecule has 0 aliphatic heterocycles. The van der Waals surface area contributed by atoms with Crippen LogP contribution in [0.5, 0.6) is 0 Å². The van der Waals surface area contributed by atoms with E-state index in [1.165, 1.54) is 56.9 Å². The largest absolute Gasteiger partial charge is 0.388 e. The minimum absolute atomic E-state index is 0.0447. The van der Waals surface area contributed by atoms with Gasteiger partial charge in [0.15, 0.2) is 0 Å². The predicted octanol–water partition coefficient (Wildman–Crippen LogP) is 5.71. The van der Waals surface area contributed by atoms with E-state index < -0.39 is 18.3 Å². The molecule has 0 radical (unpaired) electrons. The van der Waals surface area contributed by atoms with Gasteiger partial charge in [-0.25, -0.2) is 0 Å². The molecule has 0 aromatic rings. The minimum Gasteiger partial charge on any atom is -0.388 e. The van der Waals surface area contributed by atoms with Gasteiger partial charge in [0.2, 0.25) is 0 Å². The van der Waals surface area contributed by atoms with E-state index in [2.05, 4.69) is 49.3 Å². The Morgan fingerprint density at radius 1 is 0.946 bits per heavy atom. The second-order valence-electron chi connectivity index (χ2n) is 13.8. The van der Waals surface area contributed by atoms with E-state index >= 15 is 0 Å². The van der Waals surface area contributed by atoms with Crippen molar-refractivity contribution in [1.82, 2.24) is 0 Å². The number of aliphatic hydroxyl groups is 3. The van der Waals surface area contributed by atoms with Crippen LogP contribution in [0.1, 0.15) is 90.4 Å². The van der Waals surface area contributed by atoms with E-state index in [4.69, 9.17) is 0 Å². The Kier molecular flexibility index (Phi) is 6.72. The number of hydrogen-bond donors (Lipinski definition) is 3. The average molecular weight is 501 g/mol. The lowest BCUT2D eigenvalue weighted by molar-refractivity contribution is -0.101. The van der Waals surface area contributed by atoms with E-state index in [9.17, 15) is 15.3 Å². The third-order valence-electron chi connectivity index (χ3n) is 11.4. The van der Waals surface area contributed by atoms with E-state index in [0.29, 0.717) is 30.3 Å². The fourth-order valence-electron chi connectivity index (χ4n) is 9.80. The average Bonchev–Trinajstić information content (AvgIpc) is 3.19. The Hall–Kier alpha value is -1.78. The van der Waals surface area contributed by atoms with Gasteiger partial charge in [-0.2, -0.15) is 0 Å². The number of fused-ring (bicyclic) bond motifs is 1. The monoisotopic (exact) mass is 500 g/mol. The molecule has 198 valence electrons. The van der Waals surface area contributed by atoms with Gasteiger partial charge < -0.3 is 15.3 Å². The molecule has 7 aliphatic rings. The van der Waals surface area contributed by atoms with Crippen LogP contribution in [0.15, 0.2) is 35.5 Å². The fraction of sp³-hybridized carbons (Fsp3) is 0.706. The number of rotatable bonds is 2. The van der Waals surface area contributed by atoms with Gasteiger partial charge in [-0.3, -0.25) is 0 Å². The molecule has 0 spiro atoms. The van der Waals surface area contributed by atoms with Crippen molar-refractivity contribution in [2.24, 2.45) is 40.4 Å². The van der Waals surface area contributed by atoms with Crippen molar-refractivity contribution < 1.29 is 15.3 Å². The first kappa shape index (κ1) is 25.5. The van der Waals surface area contributed by atoms with Gasteiger partial charge in [-0.1, -0.05) is 48.6 Å². The Morgan fingerprint density at radius 2 is 1.59 bits per heavy atom. The van der Waals surface area contributed by atoms with Gasteiger partial charge in [0.1, 0.15) is 6.10 Å². The highest BCUT2D eigenvalue weighted by atomic mass is 16.3. The number of hydrogen-bond acceptors (Lipinski definition) is 3. The van der Waals surface area contributed by atoms with E-state index in [-0.39, 0.29) is 10.8 Å². The SMILES string of the molecule is C=C1[C@H](O)CC(=C/C=C2\CCC[C@@]3(C)C2CC[C@@H]3C#CC#CC(O)C23CC4CC(CC(C4)C2)C3)C[C@H]1O. The van der Waals surface area contributed by atoms with Crippen LogP contribution in [-0.4, -0.2) is 33.6 Å². The Labute approximate surface area is 223 Å². The first-order valence-corrected chi connectivity index (χ1v) is 14.9. The Morgan fingerprint density at radius 3 is 2.24 bits per heavy atom. The van der Waals surface area contributed by atoms with Gasteiger partial charge in [-0.15, -0.1) is 0 Å². The van der Waals surface area contributed by atoms with Crippen LogP contribution in [0.4, 0.5) is 0 Å². The molecule has 7 aliphatic carbocycles. The summed E-state index contributed by atoms with van der Waals surface area (Å²) >= 11 is 0. The molecule has 37 heavy (non-hydrogen) atoms. The summed E-state index contributed by atoms with van der Waals surface area (Å²) in [7, 11) is 0. The summed E-state index contributed by atoms with van der Waals surface area (Å²) in [5, 5.41) is 31.5. The zero-order valence-electron chi connectivity index (χ0n) is 22.5. The lowest BCUT2D eigenvalue weighted by Crippen LogP contribution is -2.51. The van der Waals surface area contributed by atoms with Crippen molar-refractivity contribution in [3.8, 4) is 23.7 Å². The van der Waals surface area contributed by atoms with Crippen LogP contribution >= 0.6 is 0 Å². The van der Waals surface area contributed by atoms with Crippen molar-refractivity contribution in [2.45, 2.75) is 109 Å². The number of aliphatic hydroxyl groups excluding tert-OH is 3. The third-order valence-corrected chi connectivity index (χ3v) is 11.4. The smallest absolute Gasteiger partial charge is 0.121 e. The molecule has 0 amide bonds. The van der Waals surface area contributed by atoms with Crippen molar-refractivity contribution in [1.29, 1.82) is 0 Å². The summed E-state index contributed by atoms with van der Waals surface area (Å²) in [4.78, 5) is 0. The quantitative estimate of drug-likeness (QED) is 0.336. The molecule has 3 N–H and O–H groups in total. The zero-order chi connectivity index (χ0) is 25.8. The molecule has 4 bridgehead atoms. The lowest BCUT2D eigenvalue weighted by Gasteiger charge is -2.57. The minimum atomic E-state index is -0.640. The Bertz CT molecular complexity index is 1070. The van der Waals surface area contributed by atoms with Crippen LogP contribution in [0, 0.1) is 64.1 Å². The molecule has 3 heteroatoms. The maximum absolute atomic E-state index is 11.1. The second-order valence-corrected chi connectivity index (χ2v) is 13.8. The van der Waals surface area contributed by atoms with Crippen molar-refractivity contribution in [3.63, 3.8) is 0 Å². The molecule has 6 atom stereocenters. The van der Waals surface area contributed by atoms with Gasteiger partial charge in [0.05, 0.1) is 12.2 Å². The highest BCUT2D eigenvalue weighted by molar-refractivity contribution is 5.34. The third kappa shape index (κ3) is 4.67. The highest BCUT2D eigenvalue weighted by Crippen LogP contribution is 2.61. The summed E-state index contributed by atoms with van der Waals surface area (Å²) in [5.41, 5.74) is 3.37. The molecular formula is C34H44O3. The topological polar surface area (TPSA) is 60.7 Å². The van der Waals surface area contributed by atoms with Gasteiger partial charge in [-0.05, 0) is 130 Å². The van der Waals surface area contributed by atoms with Crippen molar-refractivity contribution >= 4 is 0 Å². The molecule has 3 nitrogen and oxygen atoms in total. The van der Waals surface area contributed by atoms with Gasteiger partial charge in [0, 0.05) is 11.3 Å². The summed E-state index contributed by atoms with van der Waals surface area (Å²) < 4.78 is 0. The summed E-state index contributed by atoms with van der Waals surface area (Å²) in [6.07, 6.45) is 17.2. The Balaban J connectivity index is 1.13. The molecule has 0 saturated heterocycles. The van der Waals surface area contributed by atoms with Gasteiger partial charge >= 0.3 is 0 Å². The van der Waals surface area contributed by atoms with E-state index in [0.717, 1.165) is 42.6 Å². The van der Waals surface area contributed by atoms with E-state index in [1.54, 1.807) is 0 Å². The molecule has 0 aromatic carbocycles. The normalized spacial score (nSPS) is 46.1. The molecule has 2 unspecified atom stereocenters. The van der Waals surface area contributed by atoms with Crippen LogP contribution in [-0.2, 0) is 0 Å². The molecule has 0 aromatic heterocycles. The van der Waals surface area contributed by atoms with E-state index in [1.807, 2.05) is 0 Å². The zero-order valence-corrected chi connectivity index (χ0v) is 22.5. The molecular weight excluding hydrogens is 456 g/mol. The summed E-state index contributed by atoms with van der Waals surface area (Å²) in [6.45, 7) is 6.24. The van der Waals surface area contributed by atoms with Crippen molar-refractivity contribution in [2.75, 3.05) is 0 Å². The maximum Gasteiger partial charge on any atom is 0.121 e. The molecule has 7 rings (SSSR count). The van der Waals surface area contributed by atoms with Crippen molar-refractivity contribution in [3.05, 3.63) is 35.5 Å². The standard InChI is InChI=1S/C34H44O3/c1-22-30(35)17-23(18-31(22)36)9-10-27-6-5-13-33(2)28(11-12-29(27)33)7-3-4-8-32(37)34-19-24-14-25(20-34)16-26(15-24)21-34/h9-10,24-26,28-32,35-37H,1,5-6,11-21H2,2H3/b27-10+/t24?,25?,26?,28-,29?,30+,31+,32?,33+,34?/m0/s1. The fourth-order valence-corrected chi connectivity index (χ4v) is 9.80. The first-order valence-electron chi connectivity index (χ1n) is 14.9. The highest BCUT2D eigenvalue weighted by Gasteiger charge is 2.54. The lowest BCUT2D eigenvalue weighted by atomic mass is 9.48.